The highest BCUT2D eigenvalue weighted by Crippen LogP contribution is 2.32. The van der Waals surface area contributed by atoms with E-state index >= 15 is 0 Å². The van der Waals surface area contributed by atoms with E-state index in [4.69, 9.17) is 22.7 Å². The zero-order valence-corrected chi connectivity index (χ0v) is 15.1. The van der Waals surface area contributed by atoms with Crippen molar-refractivity contribution in [3.05, 3.63) is 47.8 Å². The largest absolute Gasteiger partial charge is 0.485 e. The molecule has 3 aromatic rings. The molecule has 0 radical (unpaired) electrons. The molecule has 3 rings (SSSR count). The third-order valence-electron chi connectivity index (χ3n) is 3.68. The van der Waals surface area contributed by atoms with Gasteiger partial charge >= 0.3 is 0 Å². The van der Waals surface area contributed by atoms with Crippen molar-refractivity contribution in [3.63, 3.8) is 0 Å². The standard InChI is InChI=1S/C18H21N5OS/c1-11(2)7-12-8-14-16(22-23-17(14)21-18(19)25)15(9-12)24-10-13-5-3-4-6-20-13/h3-6,8-9,11H,7,10H2,1-2H3,(H4,19,21,22,23,25). The summed E-state index contributed by atoms with van der Waals surface area (Å²) in [6.45, 7) is 4.75. The molecule has 0 saturated heterocycles. The molecule has 1 aromatic carbocycles. The average molecular weight is 355 g/mol. The van der Waals surface area contributed by atoms with Crippen LogP contribution < -0.4 is 15.8 Å². The lowest BCUT2D eigenvalue weighted by molar-refractivity contribution is 0.304. The Morgan fingerprint density at radius 3 is 2.88 bits per heavy atom. The van der Waals surface area contributed by atoms with E-state index in [2.05, 4.69) is 40.4 Å². The van der Waals surface area contributed by atoms with Gasteiger partial charge in [0, 0.05) is 11.6 Å². The number of benzene rings is 1. The van der Waals surface area contributed by atoms with Crippen LogP contribution in [0.5, 0.6) is 5.75 Å². The molecular weight excluding hydrogens is 334 g/mol. The van der Waals surface area contributed by atoms with Gasteiger partial charge in [0.1, 0.15) is 17.9 Å². The van der Waals surface area contributed by atoms with E-state index in [1.807, 2.05) is 24.3 Å². The molecule has 0 bridgehead atoms. The number of aromatic amines is 1. The highest BCUT2D eigenvalue weighted by atomic mass is 32.1. The number of ether oxygens (including phenoxy) is 1. The smallest absolute Gasteiger partial charge is 0.169 e. The molecule has 0 aliphatic heterocycles. The highest BCUT2D eigenvalue weighted by molar-refractivity contribution is 7.80. The Bertz CT molecular complexity index is 876. The van der Waals surface area contributed by atoms with Gasteiger partial charge in [0.05, 0.1) is 5.69 Å². The summed E-state index contributed by atoms with van der Waals surface area (Å²) >= 11 is 4.93. The van der Waals surface area contributed by atoms with Crippen molar-refractivity contribution in [2.75, 3.05) is 5.32 Å². The monoisotopic (exact) mass is 355 g/mol. The van der Waals surface area contributed by atoms with Crippen molar-refractivity contribution in [1.82, 2.24) is 15.2 Å². The molecule has 2 heterocycles. The number of pyridine rings is 1. The van der Waals surface area contributed by atoms with Crippen LogP contribution in [-0.2, 0) is 13.0 Å². The second-order valence-electron chi connectivity index (χ2n) is 6.29. The van der Waals surface area contributed by atoms with Crippen molar-refractivity contribution < 1.29 is 4.74 Å². The normalized spacial score (nSPS) is 11.0. The first-order valence-electron chi connectivity index (χ1n) is 8.13. The molecule has 130 valence electrons. The predicted molar refractivity (Wildman–Crippen MR) is 104 cm³/mol. The summed E-state index contributed by atoms with van der Waals surface area (Å²) in [5.74, 6) is 1.87. The molecule has 0 saturated carbocycles. The van der Waals surface area contributed by atoms with Crippen LogP contribution in [0, 0.1) is 5.92 Å². The molecule has 0 spiro atoms. The van der Waals surface area contributed by atoms with Crippen LogP contribution in [0.4, 0.5) is 5.82 Å². The Labute approximate surface area is 151 Å². The Morgan fingerprint density at radius 1 is 1.36 bits per heavy atom. The van der Waals surface area contributed by atoms with E-state index in [0.29, 0.717) is 18.3 Å². The number of nitrogens with one attached hydrogen (secondary N) is 2. The molecular formula is C18H21N5OS. The molecule has 0 aliphatic carbocycles. The van der Waals surface area contributed by atoms with E-state index in [9.17, 15) is 0 Å². The van der Waals surface area contributed by atoms with Gasteiger partial charge in [0.15, 0.2) is 10.9 Å². The van der Waals surface area contributed by atoms with Gasteiger partial charge in [-0.2, -0.15) is 5.10 Å². The second kappa shape index (κ2) is 7.48. The van der Waals surface area contributed by atoms with Crippen LogP contribution >= 0.6 is 12.2 Å². The molecule has 0 unspecified atom stereocenters. The van der Waals surface area contributed by atoms with Gasteiger partial charge in [-0.3, -0.25) is 10.1 Å². The van der Waals surface area contributed by atoms with E-state index in [0.717, 1.165) is 28.8 Å². The molecule has 0 atom stereocenters. The van der Waals surface area contributed by atoms with Crippen LogP contribution in [-0.4, -0.2) is 20.3 Å². The summed E-state index contributed by atoms with van der Waals surface area (Å²) in [5.41, 5.74) is 8.44. The van der Waals surface area contributed by atoms with Crippen LogP contribution in [0.25, 0.3) is 10.9 Å². The van der Waals surface area contributed by atoms with Gasteiger partial charge in [0.2, 0.25) is 0 Å². The fraction of sp³-hybridized carbons (Fsp3) is 0.278. The Hall–Kier alpha value is -2.67. The number of H-pyrrole nitrogens is 1. The molecule has 7 heteroatoms. The summed E-state index contributed by atoms with van der Waals surface area (Å²) in [6, 6.07) is 9.90. The van der Waals surface area contributed by atoms with Gasteiger partial charge < -0.3 is 15.8 Å². The van der Waals surface area contributed by atoms with Crippen molar-refractivity contribution in [1.29, 1.82) is 0 Å². The van der Waals surface area contributed by atoms with Gasteiger partial charge in [-0.05, 0) is 54.4 Å². The van der Waals surface area contributed by atoms with Crippen molar-refractivity contribution in [2.45, 2.75) is 26.9 Å². The van der Waals surface area contributed by atoms with E-state index in [-0.39, 0.29) is 5.11 Å². The summed E-state index contributed by atoms with van der Waals surface area (Å²) in [5, 5.41) is 11.3. The maximum absolute atomic E-state index is 6.02. The van der Waals surface area contributed by atoms with Crippen LogP contribution in [0.1, 0.15) is 25.1 Å². The Kier molecular flexibility index (Phi) is 5.14. The number of thiocarbonyl (C=S) groups is 1. The third-order valence-corrected chi connectivity index (χ3v) is 3.79. The minimum absolute atomic E-state index is 0.179. The topological polar surface area (TPSA) is 88.8 Å². The first kappa shape index (κ1) is 17.2. The fourth-order valence-electron chi connectivity index (χ4n) is 2.70. The minimum atomic E-state index is 0.179. The van der Waals surface area contributed by atoms with E-state index in [1.165, 1.54) is 5.56 Å². The first-order chi connectivity index (χ1) is 12.0. The number of fused-ring (bicyclic) bond motifs is 1. The van der Waals surface area contributed by atoms with E-state index < -0.39 is 0 Å². The lowest BCUT2D eigenvalue weighted by Gasteiger charge is -2.11. The SMILES string of the molecule is CC(C)Cc1cc(OCc2ccccn2)c2[nH]nc(NC(N)=S)c2c1. The van der Waals surface area contributed by atoms with Gasteiger partial charge in [-0.25, -0.2) is 0 Å². The lowest BCUT2D eigenvalue weighted by Crippen LogP contribution is -2.19. The molecule has 4 N–H and O–H groups in total. The number of rotatable bonds is 6. The number of hydrogen-bond donors (Lipinski definition) is 3. The zero-order chi connectivity index (χ0) is 17.8. The number of hydrogen-bond acceptors (Lipinski definition) is 4. The molecule has 0 aliphatic rings. The van der Waals surface area contributed by atoms with Crippen molar-refractivity contribution >= 4 is 34.1 Å². The molecule has 2 aromatic heterocycles. The molecule has 6 nitrogen and oxygen atoms in total. The Balaban J connectivity index is 1.96. The first-order valence-corrected chi connectivity index (χ1v) is 8.54. The summed E-state index contributed by atoms with van der Waals surface area (Å²) in [4.78, 5) is 4.29. The predicted octanol–water partition coefficient (Wildman–Crippen LogP) is 3.39. The van der Waals surface area contributed by atoms with Gasteiger partial charge in [-0.15, -0.1) is 0 Å². The maximum Gasteiger partial charge on any atom is 0.169 e. The zero-order valence-electron chi connectivity index (χ0n) is 14.2. The highest BCUT2D eigenvalue weighted by Gasteiger charge is 2.14. The van der Waals surface area contributed by atoms with Crippen LogP contribution in [0.15, 0.2) is 36.5 Å². The maximum atomic E-state index is 6.02. The molecule has 0 amide bonds. The van der Waals surface area contributed by atoms with Gasteiger partial charge in [-0.1, -0.05) is 19.9 Å². The summed E-state index contributed by atoms with van der Waals surface area (Å²) in [7, 11) is 0. The Morgan fingerprint density at radius 2 is 2.20 bits per heavy atom. The van der Waals surface area contributed by atoms with Crippen molar-refractivity contribution in [2.24, 2.45) is 11.7 Å². The number of nitrogens with two attached hydrogens (primary N) is 1. The molecule has 0 fully saturated rings. The van der Waals surface area contributed by atoms with Gasteiger partial charge in [0.25, 0.3) is 0 Å². The quantitative estimate of drug-likeness (QED) is 0.587. The number of aromatic nitrogens is 3. The average Bonchev–Trinajstić information content (AvgIpc) is 2.95. The molecule has 25 heavy (non-hydrogen) atoms. The number of nitrogens with zero attached hydrogens (tertiary/aromatic N) is 2. The van der Waals surface area contributed by atoms with Crippen molar-refractivity contribution in [3.8, 4) is 5.75 Å². The second-order valence-corrected chi connectivity index (χ2v) is 6.73. The van der Waals surface area contributed by atoms with Crippen LogP contribution in [0.3, 0.4) is 0 Å². The van der Waals surface area contributed by atoms with E-state index in [1.54, 1.807) is 6.20 Å². The third kappa shape index (κ3) is 4.24. The summed E-state index contributed by atoms with van der Waals surface area (Å²) < 4.78 is 6.02. The summed E-state index contributed by atoms with van der Waals surface area (Å²) in [6.07, 6.45) is 2.69. The lowest BCUT2D eigenvalue weighted by atomic mass is 10.0. The van der Waals surface area contributed by atoms with Crippen LogP contribution in [0.2, 0.25) is 0 Å². The fourth-order valence-corrected chi connectivity index (χ4v) is 2.79. The number of anilines is 1. The minimum Gasteiger partial charge on any atom is -0.485 e.